The molecule has 4 aromatic heterocycles. The van der Waals surface area contributed by atoms with E-state index in [1.54, 1.807) is 28.9 Å². The Morgan fingerprint density at radius 2 is 2.07 bits per heavy atom. The third-order valence-corrected chi connectivity index (χ3v) is 7.70. The normalized spacial score (nSPS) is 16.1. The van der Waals surface area contributed by atoms with E-state index in [2.05, 4.69) is 38.9 Å². The van der Waals surface area contributed by atoms with Crippen molar-refractivity contribution in [2.24, 2.45) is 0 Å². The fraction of sp³-hybridized carbons (Fsp3) is 0.190. The summed E-state index contributed by atoms with van der Waals surface area (Å²) in [5.41, 5.74) is 2.94. The second kappa shape index (κ2) is 7.58. The maximum Gasteiger partial charge on any atom is 0.229 e. The van der Waals surface area contributed by atoms with Gasteiger partial charge in [0.2, 0.25) is 5.91 Å². The summed E-state index contributed by atoms with van der Waals surface area (Å²) in [6, 6.07) is 12.2. The first-order valence-electron chi connectivity index (χ1n) is 9.04. The van der Waals surface area contributed by atoms with Gasteiger partial charge in [-0.3, -0.25) is 9.78 Å². The zero-order chi connectivity index (χ0) is 18.9. The Hall–Kier alpha value is -2.35. The molecule has 1 aliphatic rings. The smallest absolute Gasteiger partial charge is 0.229 e. The number of amides is 1. The average molecular weight is 424 g/mol. The highest BCUT2D eigenvalue weighted by molar-refractivity contribution is 7.13. The van der Waals surface area contributed by atoms with Crippen molar-refractivity contribution in [3.05, 3.63) is 79.7 Å². The van der Waals surface area contributed by atoms with Crippen molar-refractivity contribution in [1.82, 2.24) is 14.9 Å². The van der Waals surface area contributed by atoms with Gasteiger partial charge in [-0.2, -0.15) is 0 Å². The molecule has 0 saturated carbocycles. The highest BCUT2D eigenvalue weighted by Gasteiger charge is 2.33. The standard InChI is InChI=1S/C21H17N3OS3/c25-19(12-14-13-28-21(23-14)16-4-1-2-8-22-16)24-9-6-17-15(7-11-27-17)20(24)18-5-3-10-26-18/h1-5,7-8,10-11,13,20H,6,9,12H2/t20-/m0/s1. The Kier molecular flexibility index (Phi) is 4.80. The number of pyridine rings is 1. The molecular formula is C21H17N3OS3. The van der Waals surface area contributed by atoms with Crippen LogP contribution >= 0.6 is 34.0 Å². The van der Waals surface area contributed by atoms with E-state index >= 15 is 0 Å². The molecule has 5 rings (SSSR count). The minimum atomic E-state index is 0.0244. The van der Waals surface area contributed by atoms with Gasteiger partial charge in [0.15, 0.2) is 0 Å². The van der Waals surface area contributed by atoms with E-state index in [4.69, 9.17) is 0 Å². The second-order valence-electron chi connectivity index (χ2n) is 6.59. The molecule has 0 spiro atoms. The number of hydrogen-bond donors (Lipinski definition) is 0. The number of thiazole rings is 1. The van der Waals surface area contributed by atoms with Crippen LogP contribution in [0, 0.1) is 0 Å². The van der Waals surface area contributed by atoms with Gasteiger partial charge in [-0.1, -0.05) is 12.1 Å². The van der Waals surface area contributed by atoms with Gasteiger partial charge >= 0.3 is 0 Å². The number of carbonyl (C=O) groups is 1. The van der Waals surface area contributed by atoms with Crippen LogP contribution in [0.1, 0.15) is 27.1 Å². The molecule has 0 aliphatic carbocycles. The summed E-state index contributed by atoms with van der Waals surface area (Å²) in [6.45, 7) is 0.756. The van der Waals surface area contributed by atoms with Crippen molar-refractivity contribution >= 4 is 39.9 Å². The highest BCUT2D eigenvalue weighted by atomic mass is 32.1. The minimum absolute atomic E-state index is 0.0244. The molecule has 0 N–H and O–H groups in total. The SMILES string of the molecule is O=C(Cc1csc(-c2ccccn2)n1)N1CCc2sccc2[C@H]1c1cccs1. The maximum absolute atomic E-state index is 13.2. The van der Waals surface area contributed by atoms with Gasteiger partial charge in [0.05, 0.1) is 23.9 Å². The third kappa shape index (κ3) is 3.30. The number of fused-ring (bicyclic) bond motifs is 1. The molecule has 0 saturated heterocycles. The topological polar surface area (TPSA) is 46.1 Å². The molecule has 4 nitrogen and oxygen atoms in total. The van der Waals surface area contributed by atoms with Crippen molar-refractivity contribution in [2.75, 3.05) is 6.54 Å². The van der Waals surface area contributed by atoms with Gasteiger partial charge in [-0.05, 0) is 47.0 Å². The average Bonchev–Trinajstić information content (AvgIpc) is 3.49. The maximum atomic E-state index is 13.2. The van der Waals surface area contributed by atoms with Crippen LogP contribution in [0.5, 0.6) is 0 Å². The van der Waals surface area contributed by atoms with E-state index in [-0.39, 0.29) is 11.9 Å². The van der Waals surface area contributed by atoms with Crippen LogP contribution in [-0.2, 0) is 17.6 Å². The first-order chi connectivity index (χ1) is 13.8. The number of aromatic nitrogens is 2. The third-order valence-electron chi connectivity index (χ3n) is 4.87. The van der Waals surface area contributed by atoms with E-state index in [1.165, 1.54) is 26.7 Å². The first-order valence-corrected chi connectivity index (χ1v) is 11.7. The van der Waals surface area contributed by atoms with Crippen molar-refractivity contribution in [3.63, 3.8) is 0 Å². The predicted molar refractivity (Wildman–Crippen MR) is 115 cm³/mol. The van der Waals surface area contributed by atoms with E-state index in [9.17, 15) is 4.79 Å². The monoisotopic (exact) mass is 423 g/mol. The molecule has 28 heavy (non-hydrogen) atoms. The van der Waals surface area contributed by atoms with Crippen LogP contribution in [0.15, 0.2) is 58.7 Å². The van der Waals surface area contributed by atoms with Gasteiger partial charge in [-0.25, -0.2) is 4.98 Å². The molecule has 0 bridgehead atoms. The van der Waals surface area contributed by atoms with E-state index in [0.717, 1.165) is 29.4 Å². The van der Waals surface area contributed by atoms with Crippen LogP contribution in [0.2, 0.25) is 0 Å². The molecule has 7 heteroatoms. The van der Waals surface area contributed by atoms with Gasteiger partial charge in [-0.15, -0.1) is 34.0 Å². The Morgan fingerprint density at radius 1 is 1.11 bits per heavy atom. The molecule has 0 radical (unpaired) electrons. The van der Waals surface area contributed by atoms with Crippen LogP contribution in [0.4, 0.5) is 0 Å². The molecule has 0 fully saturated rings. The van der Waals surface area contributed by atoms with E-state index in [0.29, 0.717) is 6.42 Å². The van der Waals surface area contributed by atoms with Crippen LogP contribution in [-0.4, -0.2) is 27.3 Å². The lowest BCUT2D eigenvalue weighted by molar-refractivity contribution is -0.132. The Balaban J connectivity index is 1.40. The molecule has 1 atom stereocenters. The van der Waals surface area contributed by atoms with Crippen LogP contribution in [0.25, 0.3) is 10.7 Å². The number of thiophene rings is 2. The van der Waals surface area contributed by atoms with E-state index in [1.807, 2.05) is 28.5 Å². The summed E-state index contributed by atoms with van der Waals surface area (Å²) < 4.78 is 0. The van der Waals surface area contributed by atoms with Crippen molar-refractivity contribution in [3.8, 4) is 10.7 Å². The fourth-order valence-corrected chi connectivity index (χ4v) is 6.14. The largest absolute Gasteiger partial charge is 0.330 e. The summed E-state index contributed by atoms with van der Waals surface area (Å²) in [6.07, 6.45) is 3.01. The van der Waals surface area contributed by atoms with Crippen molar-refractivity contribution in [1.29, 1.82) is 0 Å². The minimum Gasteiger partial charge on any atom is -0.330 e. The van der Waals surface area contributed by atoms with Gasteiger partial charge < -0.3 is 4.90 Å². The number of hydrogen-bond acceptors (Lipinski definition) is 6. The second-order valence-corrected chi connectivity index (χ2v) is 9.43. The lowest BCUT2D eigenvalue weighted by Crippen LogP contribution is -2.40. The summed E-state index contributed by atoms with van der Waals surface area (Å²) in [7, 11) is 0. The number of nitrogens with zero attached hydrogens (tertiary/aromatic N) is 3. The summed E-state index contributed by atoms with van der Waals surface area (Å²) in [5.74, 6) is 0.133. The zero-order valence-electron chi connectivity index (χ0n) is 14.9. The number of carbonyl (C=O) groups excluding carboxylic acids is 1. The molecule has 0 unspecified atom stereocenters. The first kappa shape index (κ1) is 17.7. The van der Waals surface area contributed by atoms with Gasteiger partial charge in [0, 0.05) is 27.9 Å². The lowest BCUT2D eigenvalue weighted by atomic mass is 9.98. The molecule has 1 amide bonds. The molecule has 4 aromatic rings. The number of rotatable bonds is 4. The molecule has 1 aliphatic heterocycles. The van der Waals surface area contributed by atoms with Crippen LogP contribution in [0.3, 0.4) is 0 Å². The predicted octanol–water partition coefficient (Wildman–Crippen LogP) is 5.04. The molecular weight excluding hydrogens is 406 g/mol. The van der Waals surface area contributed by atoms with Crippen molar-refractivity contribution in [2.45, 2.75) is 18.9 Å². The highest BCUT2D eigenvalue weighted by Crippen LogP contribution is 2.39. The summed E-state index contributed by atoms with van der Waals surface area (Å²) in [4.78, 5) is 26.9. The van der Waals surface area contributed by atoms with Crippen molar-refractivity contribution < 1.29 is 4.79 Å². The molecule has 140 valence electrons. The lowest BCUT2D eigenvalue weighted by Gasteiger charge is -2.35. The Labute approximate surface area is 175 Å². The fourth-order valence-electron chi connectivity index (χ4n) is 3.59. The Morgan fingerprint density at radius 3 is 2.89 bits per heavy atom. The van der Waals surface area contributed by atoms with Gasteiger partial charge in [0.25, 0.3) is 0 Å². The molecule has 0 aromatic carbocycles. The Bertz CT molecular complexity index is 1090. The quantitative estimate of drug-likeness (QED) is 0.462. The summed E-state index contributed by atoms with van der Waals surface area (Å²) >= 11 is 5.05. The summed E-state index contributed by atoms with van der Waals surface area (Å²) in [5, 5.41) is 7.05. The zero-order valence-corrected chi connectivity index (χ0v) is 17.4. The molecule has 5 heterocycles. The van der Waals surface area contributed by atoms with E-state index < -0.39 is 0 Å². The van der Waals surface area contributed by atoms with Gasteiger partial charge in [0.1, 0.15) is 5.01 Å². The van der Waals surface area contributed by atoms with Crippen LogP contribution < -0.4 is 0 Å².